The molecule has 0 spiro atoms. The molecule has 2 aromatic rings. The van der Waals surface area contributed by atoms with Crippen molar-refractivity contribution in [3.05, 3.63) is 42.2 Å². The molecule has 1 aromatic carbocycles. The molecule has 0 saturated carbocycles. The predicted octanol–water partition coefficient (Wildman–Crippen LogP) is 3.70. The Morgan fingerprint density at radius 3 is 2.68 bits per heavy atom. The van der Waals surface area contributed by atoms with Crippen molar-refractivity contribution in [2.24, 2.45) is 0 Å². The van der Waals surface area contributed by atoms with E-state index < -0.39 is 15.3 Å². The van der Waals surface area contributed by atoms with E-state index in [9.17, 15) is 8.42 Å². The number of nitrogens with zero attached hydrogens (tertiary/aromatic N) is 1. The van der Waals surface area contributed by atoms with Gasteiger partial charge in [0.05, 0.1) is 6.26 Å². The first-order chi connectivity index (χ1) is 11.9. The van der Waals surface area contributed by atoms with Gasteiger partial charge in [0.25, 0.3) is 0 Å². The molecule has 0 fully saturated rings. The van der Waals surface area contributed by atoms with Gasteiger partial charge < -0.3 is 9.15 Å². The molecule has 5 nitrogen and oxygen atoms in total. The van der Waals surface area contributed by atoms with Crippen LogP contribution in [0.5, 0.6) is 5.75 Å². The normalized spacial score (nSPS) is 17.6. The molecule has 25 heavy (non-hydrogen) atoms. The molecule has 0 aliphatic carbocycles. The molecule has 1 aliphatic heterocycles. The molecule has 136 valence electrons. The van der Waals surface area contributed by atoms with Gasteiger partial charge in [-0.05, 0) is 44.9 Å². The number of furan rings is 1. The van der Waals surface area contributed by atoms with Crippen LogP contribution in [-0.4, -0.2) is 37.2 Å². The van der Waals surface area contributed by atoms with Crippen LogP contribution in [0.25, 0.3) is 11.3 Å². The zero-order valence-corrected chi connectivity index (χ0v) is 15.8. The van der Waals surface area contributed by atoms with Gasteiger partial charge >= 0.3 is 0 Å². The van der Waals surface area contributed by atoms with E-state index in [1.807, 2.05) is 51.1 Å². The Kier molecular flexibility index (Phi) is 5.20. The van der Waals surface area contributed by atoms with Gasteiger partial charge in [-0.2, -0.15) is 4.31 Å². The van der Waals surface area contributed by atoms with Gasteiger partial charge in [-0.3, -0.25) is 0 Å². The lowest BCUT2D eigenvalue weighted by atomic mass is 9.98. The first-order valence-corrected chi connectivity index (χ1v) is 10.2. The number of benzene rings is 1. The molecule has 1 aliphatic rings. The summed E-state index contributed by atoms with van der Waals surface area (Å²) in [5.41, 5.74) is 1.80. The average molecular weight is 363 g/mol. The number of ether oxygens (including phenoxy) is 1. The standard InChI is InChI=1S/C19H25NO4S/c1-4-10-20(14(2)3)25(21,22)15-12-17-16(18-9-6-11-23-18)7-5-8-19(17)24-13-15/h5-9,11,14-15H,4,10,12-13H2,1-3H3. The Balaban J connectivity index is 1.95. The van der Waals surface area contributed by atoms with E-state index >= 15 is 0 Å². The van der Waals surface area contributed by atoms with Crippen molar-refractivity contribution in [3.8, 4) is 17.1 Å². The number of hydrogen-bond donors (Lipinski definition) is 0. The van der Waals surface area contributed by atoms with Crippen LogP contribution in [0.1, 0.15) is 32.8 Å². The SMILES string of the molecule is CCCN(C(C)C)S(=O)(=O)C1COc2cccc(-c3ccco3)c2C1. The van der Waals surface area contributed by atoms with Crippen molar-refractivity contribution in [2.75, 3.05) is 13.2 Å². The smallest absolute Gasteiger partial charge is 0.220 e. The van der Waals surface area contributed by atoms with Crippen molar-refractivity contribution in [2.45, 2.75) is 44.9 Å². The van der Waals surface area contributed by atoms with E-state index in [4.69, 9.17) is 9.15 Å². The van der Waals surface area contributed by atoms with Gasteiger partial charge in [-0.15, -0.1) is 0 Å². The highest BCUT2D eigenvalue weighted by Gasteiger charge is 2.37. The fourth-order valence-electron chi connectivity index (χ4n) is 3.33. The fraction of sp³-hybridized carbons (Fsp3) is 0.474. The maximum atomic E-state index is 13.1. The summed E-state index contributed by atoms with van der Waals surface area (Å²) in [6.45, 7) is 6.54. The molecular weight excluding hydrogens is 338 g/mol. The van der Waals surface area contributed by atoms with Crippen LogP contribution >= 0.6 is 0 Å². The number of sulfonamides is 1. The third kappa shape index (κ3) is 3.46. The Hall–Kier alpha value is -1.79. The lowest BCUT2D eigenvalue weighted by Crippen LogP contribution is -2.47. The Bertz CT molecular complexity index is 812. The second-order valence-electron chi connectivity index (χ2n) is 6.65. The van der Waals surface area contributed by atoms with Crippen LogP contribution in [-0.2, 0) is 16.4 Å². The summed E-state index contributed by atoms with van der Waals surface area (Å²) in [6.07, 6.45) is 2.84. The summed E-state index contributed by atoms with van der Waals surface area (Å²) in [6, 6.07) is 9.38. The van der Waals surface area contributed by atoms with Gasteiger partial charge in [0, 0.05) is 23.7 Å². The Labute approximate surface area is 149 Å². The molecule has 1 aromatic heterocycles. The average Bonchev–Trinajstić information content (AvgIpc) is 3.12. The molecule has 2 heterocycles. The van der Waals surface area contributed by atoms with Crippen LogP contribution < -0.4 is 4.74 Å². The summed E-state index contributed by atoms with van der Waals surface area (Å²) in [5, 5.41) is -0.579. The summed E-state index contributed by atoms with van der Waals surface area (Å²) in [4.78, 5) is 0. The van der Waals surface area contributed by atoms with E-state index in [1.165, 1.54) is 0 Å². The number of hydrogen-bond acceptors (Lipinski definition) is 4. The van der Waals surface area contributed by atoms with Crippen LogP contribution in [0.4, 0.5) is 0 Å². The van der Waals surface area contributed by atoms with Gasteiger partial charge in [-0.25, -0.2) is 8.42 Å². The minimum Gasteiger partial charge on any atom is -0.492 e. The van der Waals surface area contributed by atoms with Crippen molar-refractivity contribution >= 4 is 10.0 Å². The van der Waals surface area contributed by atoms with Gasteiger partial charge in [0.1, 0.15) is 23.4 Å². The Morgan fingerprint density at radius 1 is 1.24 bits per heavy atom. The van der Waals surface area contributed by atoms with E-state index in [-0.39, 0.29) is 12.6 Å². The molecule has 0 N–H and O–H groups in total. The van der Waals surface area contributed by atoms with Crippen LogP contribution in [0.15, 0.2) is 41.0 Å². The van der Waals surface area contributed by atoms with Gasteiger partial charge in [0.2, 0.25) is 10.0 Å². The van der Waals surface area contributed by atoms with Crippen LogP contribution in [0, 0.1) is 0 Å². The zero-order valence-electron chi connectivity index (χ0n) is 14.9. The minimum atomic E-state index is -3.44. The topological polar surface area (TPSA) is 59.8 Å². The minimum absolute atomic E-state index is 0.0633. The highest BCUT2D eigenvalue weighted by molar-refractivity contribution is 7.89. The summed E-state index contributed by atoms with van der Waals surface area (Å²) < 4.78 is 39.2. The first kappa shape index (κ1) is 18.0. The van der Waals surface area contributed by atoms with Crippen molar-refractivity contribution in [1.29, 1.82) is 0 Å². The largest absolute Gasteiger partial charge is 0.492 e. The molecule has 6 heteroatoms. The zero-order chi connectivity index (χ0) is 18.0. The van der Waals surface area contributed by atoms with Crippen LogP contribution in [0.2, 0.25) is 0 Å². The summed E-state index contributed by atoms with van der Waals surface area (Å²) in [7, 11) is -3.44. The monoisotopic (exact) mass is 363 g/mol. The molecular formula is C19H25NO4S. The molecule has 0 radical (unpaired) electrons. The maximum Gasteiger partial charge on any atom is 0.220 e. The maximum absolute atomic E-state index is 13.1. The van der Waals surface area contributed by atoms with Crippen molar-refractivity contribution in [1.82, 2.24) is 4.31 Å². The summed E-state index contributed by atoms with van der Waals surface area (Å²) in [5.74, 6) is 1.47. The highest BCUT2D eigenvalue weighted by atomic mass is 32.2. The first-order valence-electron chi connectivity index (χ1n) is 8.74. The van der Waals surface area contributed by atoms with E-state index in [2.05, 4.69) is 0 Å². The Morgan fingerprint density at radius 2 is 2.04 bits per heavy atom. The van der Waals surface area contributed by atoms with Crippen molar-refractivity contribution in [3.63, 3.8) is 0 Å². The molecule has 0 bridgehead atoms. The summed E-state index contributed by atoms with van der Waals surface area (Å²) >= 11 is 0. The molecule has 1 unspecified atom stereocenters. The number of rotatable bonds is 6. The number of fused-ring (bicyclic) bond motifs is 1. The third-order valence-corrected chi connectivity index (χ3v) is 6.95. The van der Waals surface area contributed by atoms with Crippen LogP contribution in [0.3, 0.4) is 0 Å². The van der Waals surface area contributed by atoms with E-state index in [0.29, 0.717) is 13.0 Å². The van der Waals surface area contributed by atoms with E-state index in [1.54, 1.807) is 10.6 Å². The van der Waals surface area contributed by atoms with Gasteiger partial charge in [0.15, 0.2) is 0 Å². The highest BCUT2D eigenvalue weighted by Crippen LogP contribution is 2.36. The van der Waals surface area contributed by atoms with Gasteiger partial charge in [-0.1, -0.05) is 19.1 Å². The molecule has 3 rings (SSSR count). The third-order valence-electron chi connectivity index (χ3n) is 4.54. The molecule has 0 amide bonds. The lowest BCUT2D eigenvalue weighted by Gasteiger charge is -2.33. The van der Waals surface area contributed by atoms with Crippen molar-refractivity contribution < 1.29 is 17.6 Å². The second kappa shape index (κ2) is 7.22. The predicted molar refractivity (Wildman–Crippen MR) is 98.2 cm³/mol. The lowest BCUT2D eigenvalue weighted by molar-refractivity contribution is 0.276. The fourth-order valence-corrected chi connectivity index (χ4v) is 5.35. The molecule has 0 saturated heterocycles. The van der Waals surface area contributed by atoms with E-state index in [0.717, 1.165) is 29.1 Å². The second-order valence-corrected chi connectivity index (χ2v) is 8.81. The quantitative estimate of drug-likeness (QED) is 0.785. The molecule has 1 atom stereocenters.